The molecule has 0 saturated carbocycles. The van der Waals surface area contributed by atoms with Crippen LogP contribution in [0.25, 0.3) is 5.65 Å². The Morgan fingerprint density at radius 1 is 1.09 bits per heavy atom. The Kier molecular flexibility index (Phi) is 5.92. The number of halogens is 1. The molecular formula is C21H25FN10O2. The zero-order valence-corrected chi connectivity index (χ0v) is 18.4. The van der Waals surface area contributed by atoms with Crippen LogP contribution in [0.15, 0.2) is 24.8 Å². The summed E-state index contributed by atoms with van der Waals surface area (Å²) < 4.78 is 14.6. The van der Waals surface area contributed by atoms with Crippen LogP contribution < -0.4 is 21.3 Å². The molecule has 3 aromatic heterocycles. The van der Waals surface area contributed by atoms with Gasteiger partial charge >= 0.3 is 0 Å². The highest BCUT2D eigenvalue weighted by Crippen LogP contribution is 2.30. The van der Waals surface area contributed by atoms with E-state index in [1.165, 1.54) is 6.20 Å². The minimum absolute atomic E-state index is 0.00719. The topological polar surface area (TPSA) is 147 Å². The number of hydrogen-bond acceptors (Lipinski definition) is 9. The number of nitrogens with two attached hydrogens (primary N) is 1. The van der Waals surface area contributed by atoms with Gasteiger partial charge in [-0.1, -0.05) is 0 Å². The van der Waals surface area contributed by atoms with Crippen LogP contribution in [0.4, 0.5) is 21.6 Å². The number of carbonyl (C=O) groups is 2. The fraction of sp³-hybridized carbons (Fsp3) is 0.429. The highest BCUT2D eigenvalue weighted by Gasteiger charge is 2.30. The number of fused-ring (bicyclic) bond motifs is 1. The summed E-state index contributed by atoms with van der Waals surface area (Å²) in [6.07, 6.45) is 6.57. The maximum atomic E-state index is 13.5. The third-order valence-electron chi connectivity index (χ3n) is 6.27. The first kappa shape index (κ1) is 21.9. The second-order valence-electron chi connectivity index (χ2n) is 8.38. The minimum atomic E-state index is -0.596. The van der Waals surface area contributed by atoms with Gasteiger partial charge in [0.15, 0.2) is 17.3 Å². The molecule has 12 nitrogen and oxygen atoms in total. The lowest BCUT2D eigenvalue weighted by atomic mass is 9.94. The summed E-state index contributed by atoms with van der Waals surface area (Å²) in [5, 5.41) is 17.9. The van der Waals surface area contributed by atoms with E-state index in [9.17, 15) is 14.0 Å². The standard InChI is InChI=1S/C21H25FN10O2/c22-14-9-25-19-17(18(23)29-32(19)12-14)20(33)28-15-10-26-27-11-16(15)30-5-1-13(2-6-30)21(34)31-7-3-24-4-8-31/h9-13,24H,1-8H2,(H2,23,29)(H,27,28,33). The smallest absolute Gasteiger partial charge is 0.263 e. The van der Waals surface area contributed by atoms with Gasteiger partial charge in [0.1, 0.15) is 5.56 Å². The Morgan fingerprint density at radius 3 is 2.59 bits per heavy atom. The second kappa shape index (κ2) is 9.17. The molecule has 0 spiro atoms. The number of piperazine rings is 1. The highest BCUT2D eigenvalue weighted by molar-refractivity contribution is 6.12. The molecule has 2 fully saturated rings. The lowest BCUT2D eigenvalue weighted by Crippen LogP contribution is -2.50. The van der Waals surface area contributed by atoms with Gasteiger partial charge in [-0.05, 0) is 12.8 Å². The quantitative estimate of drug-likeness (QED) is 0.486. The zero-order valence-electron chi connectivity index (χ0n) is 18.4. The van der Waals surface area contributed by atoms with Crippen LogP contribution >= 0.6 is 0 Å². The third-order valence-corrected chi connectivity index (χ3v) is 6.27. The molecule has 2 aliphatic heterocycles. The summed E-state index contributed by atoms with van der Waals surface area (Å²) in [4.78, 5) is 33.9. The molecule has 2 aliphatic rings. The predicted octanol–water partition coefficient (Wildman–Crippen LogP) is 0.141. The van der Waals surface area contributed by atoms with E-state index in [0.717, 1.165) is 55.9 Å². The number of rotatable bonds is 4. The summed E-state index contributed by atoms with van der Waals surface area (Å²) in [6, 6.07) is 0. The summed E-state index contributed by atoms with van der Waals surface area (Å²) in [5.74, 6) is -0.986. The van der Waals surface area contributed by atoms with Crippen molar-refractivity contribution < 1.29 is 14.0 Å². The van der Waals surface area contributed by atoms with Gasteiger partial charge in [-0.2, -0.15) is 10.2 Å². The summed E-state index contributed by atoms with van der Waals surface area (Å²) >= 11 is 0. The largest absolute Gasteiger partial charge is 0.381 e. The van der Waals surface area contributed by atoms with E-state index in [0.29, 0.717) is 24.5 Å². The van der Waals surface area contributed by atoms with Crippen LogP contribution in [0.2, 0.25) is 0 Å². The van der Waals surface area contributed by atoms with Crippen molar-refractivity contribution in [3.05, 3.63) is 36.2 Å². The first-order valence-electron chi connectivity index (χ1n) is 11.2. The maximum Gasteiger partial charge on any atom is 0.263 e. The van der Waals surface area contributed by atoms with E-state index >= 15 is 0 Å². The molecule has 13 heteroatoms. The van der Waals surface area contributed by atoms with Gasteiger partial charge in [-0.3, -0.25) is 9.59 Å². The van der Waals surface area contributed by atoms with Crippen molar-refractivity contribution >= 4 is 34.7 Å². The Labute approximate surface area is 194 Å². The predicted molar refractivity (Wildman–Crippen MR) is 122 cm³/mol. The SMILES string of the molecule is Nc1nn2cc(F)cnc2c1C(=O)Nc1cnncc1N1CCC(C(=O)N2CCNCC2)CC1. The van der Waals surface area contributed by atoms with Gasteiger partial charge in [0.2, 0.25) is 5.91 Å². The van der Waals surface area contributed by atoms with E-state index in [1.54, 1.807) is 6.20 Å². The molecule has 0 bridgehead atoms. The van der Waals surface area contributed by atoms with Gasteiger partial charge in [-0.25, -0.2) is 13.9 Å². The first-order valence-corrected chi connectivity index (χ1v) is 11.2. The molecular weight excluding hydrogens is 443 g/mol. The van der Waals surface area contributed by atoms with Crippen molar-refractivity contribution in [1.29, 1.82) is 0 Å². The molecule has 0 aromatic carbocycles. The number of nitrogen functional groups attached to an aromatic ring is 1. The Hall–Kier alpha value is -3.87. The van der Waals surface area contributed by atoms with Crippen LogP contribution in [0.1, 0.15) is 23.2 Å². The van der Waals surface area contributed by atoms with Crippen molar-refractivity contribution in [3.63, 3.8) is 0 Å². The van der Waals surface area contributed by atoms with E-state index in [-0.39, 0.29) is 28.9 Å². The van der Waals surface area contributed by atoms with E-state index in [4.69, 9.17) is 5.73 Å². The van der Waals surface area contributed by atoms with Crippen LogP contribution in [-0.2, 0) is 4.79 Å². The van der Waals surface area contributed by atoms with Gasteiger partial charge < -0.3 is 26.2 Å². The van der Waals surface area contributed by atoms with Crippen LogP contribution in [-0.4, -0.2) is 80.8 Å². The Balaban J connectivity index is 1.30. The summed E-state index contributed by atoms with van der Waals surface area (Å²) in [5.41, 5.74) is 7.25. The number of carbonyl (C=O) groups excluding carboxylic acids is 2. The molecule has 34 heavy (non-hydrogen) atoms. The third kappa shape index (κ3) is 4.21. The van der Waals surface area contributed by atoms with Crippen molar-refractivity contribution in [2.75, 3.05) is 55.2 Å². The van der Waals surface area contributed by atoms with Gasteiger partial charge in [0.25, 0.3) is 5.91 Å². The molecule has 5 heterocycles. The van der Waals surface area contributed by atoms with Crippen molar-refractivity contribution in [2.24, 2.45) is 5.92 Å². The van der Waals surface area contributed by atoms with Crippen molar-refractivity contribution in [3.8, 4) is 0 Å². The molecule has 3 aromatic rings. The number of anilines is 3. The van der Waals surface area contributed by atoms with Crippen LogP contribution in [0, 0.1) is 11.7 Å². The molecule has 5 rings (SSSR count). The fourth-order valence-electron chi connectivity index (χ4n) is 4.51. The van der Waals surface area contributed by atoms with E-state index < -0.39 is 11.7 Å². The van der Waals surface area contributed by atoms with E-state index in [1.807, 2.05) is 4.90 Å². The fourth-order valence-corrected chi connectivity index (χ4v) is 4.51. The molecule has 0 aliphatic carbocycles. The first-order chi connectivity index (χ1) is 16.5. The van der Waals surface area contributed by atoms with Crippen LogP contribution in [0.3, 0.4) is 0 Å². The average Bonchev–Trinajstić information content (AvgIpc) is 3.19. The highest BCUT2D eigenvalue weighted by atomic mass is 19.1. The summed E-state index contributed by atoms with van der Waals surface area (Å²) in [6.45, 7) is 4.46. The van der Waals surface area contributed by atoms with E-state index in [2.05, 4.69) is 35.8 Å². The molecule has 0 atom stereocenters. The monoisotopic (exact) mass is 468 g/mol. The Bertz CT molecular complexity index is 1220. The van der Waals surface area contributed by atoms with Crippen LogP contribution in [0.5, 0.6) is 0 Å². The molecule has 178 valence electrons. The number of nitrogens with one attached hydrogen (secondary N) is 2. The molecule has 2 amide bonds. The molecule has 0 radical (unpaired) electrons. The summed E-state index contributed by atoms with van der Waals surface area (Å²) in [7, 11) is 0. The van der Waals surface area contributed by atoms with Gasteiger partial charge in [0.05, 0.1) is 36.2 Å². The number of hydrogen-bond donors (Lipinski definition) is 3. The lowest BCUT2D eigenvalue weighted by molar-refractivity contribution is -0.136. The normalized spacial score (nSPS) is 17.2. The minimum Gasteiger partial charge on any atom is -0.381 e. The van der Waals surface area contributed by atoms with Gasteiger partial charge in [-0.15, -0.1) is 5.10 Å². The molecule has 4 N–H and O–H groups in total. The number of aromatic nitrogens is 5. The zero-order chi connectivity index (χ0) is 23.7. The number of nitrogens with zero attached hydrogens (tertiary/aromatic N) is 7. The van der Waals surface area contributed by atoms with Gasteiger partial charge in [0, 0.05) is 45.2 Å². The molecule has 2 saturated heterocycles. The lowest BCUT2D eigenvalue weighted by Gasteiger charge is -2.37. The Morgan fingerprint density at radius 2 is 1.82 bits per heavy atom. The molecule has 0 unspecified atom stereocenters. The second-order valence-corrected chi connectivity index (χ2v) is 8.38. The number of piperidine rings is 1. The van der Waals surface area contributed by atoms with Crippen molar-refractivity contribution in [1.82, 2.24) is 35.0 Å². The maximum absolute atomic E-state index is 13.5. The average molecular weight is 468 g/mol. The number of amides is 2. The van der Waals surface area contributed by atoms with Crippen molar-refractivity contribution in [2.45, 2.75) is 12.8 Å².